The van der Waals surface area contributed by atoms with Crippen molar-refractivity contribution in [3.05, 3.63) is 34.9 Å². The molecule has 96 valence electrons. The van der Waals surface area contributed by atoms with Crippen molar-refractivity contribution in [3.63, 3.8) is 0 Å². The minimum absolute atomic E-state index is 0.235. The first kappa shape index (κ1) is 11.7. The van der Waals surface area contributed by atoms with Crippen LogP contribution in [0, 0.1) is 0 Å². The summed E-state index contributed by atoms with van der Waals surface area (Å²) in [6.45, 7) is 1.15. The summed E-state index contributed by atoms with van der Waals surface area (Å²) in [6, 6.07) is 6.69. The predicted octanol–water partition coefficient (Wildman–Crippen LogP) is 2.25. The van der Waals surface area contributed by atoms with E-state index >= 15 is 0 Å². The molecule has 1 aromatic rings. The first-order valence-electron chi connectivity index (χ1n) is 6.74. The van der Waals surface area contributed by atoms with Crippen molar-refractivity contribution < 1.29 is 9.53 Å². The van der Waals surface area contributed by atoms with Crippen LogP contribution in [0.2, 0.25) is 0 Å². The van der Waals surface area contributed by atoms with Crippen molar-refractivity contribution in [2.75, 3.05) is 13.7 Å². The summed E-state index contributed by atoms with van der Waals surface area (Å²) in [7, 11) is 1.43. The summed E-state index contributed by atoms with van der Waals surface area (Å²) in [5.41, 5.74) is 3.45. The van der Waals surface area contributed by atoms with Crippen molar-refractivity contribution in [1.29, 1.82) is 0 Å². The minimum atomic E-state index is -0.235. The normalized spacial score (nSPS) is 26.1. The summed E-state index contributed by atoms with van der Waals surface area (Å²) in [5, 5.41) is 3.62. The third-order valence-corrected chi connectivity index (χ3v) is 4.27. The first-order chi connectivity index (χ1) is 8.79. The summed E-state index contributed by atoms with van der Waals surface area (Å²) >= 11 is 0. The minimum Gasteiger partial charge on any atom is -0.465 e. The summed E-state index contributed by atoms with van der Waals surface area (Å²) < 4.78 is 4.78. The van der Waals surface area contributed by atoms with Gasteiger partial charge in [0.2, 0.25) is 0 Å². The van der Waals surface area contributed by atoms with E-state index in [0.29, 0.717) is 17.5 Å². The van der Waals surface area contributed by atoms with Gasteiger partial charge in [-0.15, -0.1) is 0 Å². The number of piperidine rings is 1. The molecule has 1 aromatic carbocycles. The zero-order valence-electron chi connectivity index (χ0n) is 10.7. The highest BCUT2D eigenvalue weighted by atomic mass is 16.5. The van der Waals surface area contributed by atoms with Gasteiger partial charge in [0.05, 0.1) is 12.7 Å². The van der Waals surface area contributed by atoms with Crippen molar-refractivity contribution in [2.45, 2.75) is 37.6 Å². The maximum absolute atomic E-state index is 11.5. The van der Waals surface area contributed by atoms with Crippen LogP contribution in [-0.2, 0) is 11.2 Å². The van der Waals surface area contributed by atoms with Crippen LogP contribution in [-0.4, -0.2) is 25.7 Å². The predicted molar refractivity (Wildman–Crippen MR) is 69.9 cm³/mol. The number of rotatable bonds is 1. The Kier molecular flexibility index (Phi) is 3.08. The molecule has 1 saturated heterocycles. The molecule has 0 saturated carbocycles. The third kappa shape index (κ3) is 1.93. The van der Waals surface area contributed by atoms with Gasteiger partial charge in [0.25, 0.3) is 0 Å². The van der Waals surface area contributed by atoms with E-state index in [4.69, 9.17) is 4.74 Å². The first-order valence-corrected chi connectivity index (χ1v) is 6.74. The van der Waals surface area contributed by atoms with Gasteiger partial charge in [0.1, 0.15) is 0 Å². The smallest absolute Gasteiger partial charge is 0.337 e. The Labute approximate surface area is 108 Å². The van der Waals surface area contributed by atoms with E-state index in [0.717, 1.165) is 13.0 Å². The molecule has 2 unspecified atom stereocenters. The van der Waals surface area contributed by atoms with Crippen LogP contribution in [0.3, 0.4) is 0 Å². The molecule has 1 heterocycles. The van der Waals surface area contributed by atoms with Gasteiger partial charge in [0.15, 0.2) is 0 Å². The summed E-state index contributed by atoms with van der Waals surface area (Å²) in [6.07, 6.45) is 4.76. The van der Waals surface area contributed by atoms with E-state index in [1.54, 1.807) is 0 Å². The Hall–Kier alpha value is -1.35. The van der Waals surface area contributed by atoms with E-state index in [-0.39, 0.29) is 5.97 Å². The number of hydrogen-bond acceptors (Lipinski definition) is 3. The molecule has 18 heavy (non-hydrogen) atoms. The number of fused-ring (bicyclic) bond motifs is 3. The number of carbonyl (C=O) groups is 1. The van der Waals surface area contributed by atoms with Crippen LogP contribution in [0.4, 0.5) is 0 Å². The second kappa shape index (κ2) is 4.73. The highest BCUT2D eigenvalue weighted by molar-refractivity contribution is 5.89. The number of benzene rings is 1. The number of carbonyl (C=O) groups excluding carboxylic acids is 1. The lowest BCUT2D eigenvalue weighted by atomic mass is 9.75. The molecule has 3 nitrogen and oxygen atoms in total. The number of aryl methyl sites for hydroxylation is 1. The van der Waals surface area contributed by atoms with Crippen molar-refractivity contribution >= 4 is 5.97 Å². The lowest BCUT2D eigenvalue weighted by Crippen LogP contribution is -2.42. The number of ether oxygens (including phenoxy) is 1. The van der Waals surface area contributed by atoms with E-state index in [1.165, 1.54) is 37.5 Å². The van der Waals surface area contributed by atoms with Gasteiger partial charge in [-0.3, -0.25) is 0 Å². The van der Waals surface area contributed by atoms with E-state index in [1.807, 2.05) is 12.1 Å². The molecule has 1 fully saturated rings. The lowest BCUT2D eigenvalue weighted by molar-refractivity contribution is 0.0600. The molecule has 0 spiro atoms. The highest BCUT2D eigenvalue weighted by Crippen LogP contribution is 2.37. The highest BCUT2D eigenvalue weighted by Gasteiger charge is 2.31. The van der Waals surface area contributed by atoms with Crippen LogP contribution in [0.15, 0.2) is 18.2 Å². The van der Waals surface area contributed by atoms with Gasteiger partial charge in [-0.05, 0) is 61.4 Å². The van der Waals surface area contributed by atoms with Crippen molar-refractivity contribution in [1.82, 2.24) is 5.32 Å². The summed E-state index contributed by atoms with van der Waals surface area (Å²) in [4.78, 5) is 11.5. The quantitative estimate of drug-likeness (QED) is 0.771. The second-order valence-electron chi connectivity index (χ2n) is 5.25. The Bertz CT molecular complexity index is 470. The molecule has 1 aliphatic heterocycles. The molecule has 0 bridgehead atoms. The van der Waals surface area contributed by atoms with Crippen molar-refractivity contribution in [3.8, 4) is 0 Å². The fourth-order valence-corrected chi connectivity index (χ4v) is 3.37. The van der Waals surface area contributed by atoms with Gasteiger partial charge in [-0.25, -0.2) is 4.79 Å². The molecule has 2 aliphatic rings. The lowest BCUT2D eigenvalue weighted by Gasteiger charge is -2.38. The Morgan fingerprint density at radius 1 is 1.39 bits per heavy atom. The Morgan fingerprint density at radius 3 is 3.11 bits per heavy atom. The van der Waals surface area contributed by atoms with Gasteiger partial charge in [-0.1, -0.05) is 6.07 Å². The van der Waals surface area contributed by atoms with E-state index in [2.05, 4.69) is 11.4 Å². The number of methoxy groups -OCH3 is 1. The van der Waals surface area contributed by atoms with Gasteiger partial charge >= 0.3 is 5.97 Å². The molecule has 0 amide bonds. The van der Waals surface area contributed by atoms with Gasteiger partial charge < -0.3 is 10.1 Å². The van der Waals surface area contributed by atoms with Crippen LogP contribution >= 0.6 is 0 Å². The van der Waals surface area contributed by atoms with Crippen LogP contribution < -0.4 is 5.32 Å². The fourth-order valence-electron chi connectivity index (χ4n) is 3.37. The fraction of sp³-hybridized carbons (Fsp3) is 0.533. The molecule has 3 heteroatoms. The Morgan fingerprint density at radius 2 is 2.28 bits per heavy atom. The van der Waals surface area contributed by atoms with Gasteiger partial charge in [-0.2, -0.15) is 0 Å². The van der Waals surface area contributed by atoms with E-state index < -0.39 is 0 Å². The molecule has 1 N–H and O–H groups in total. The maximum Gasteiger partial charge on any atom is 0.337 e. The standard InChI is InChI=1S/C15H19NO2/c1-18-15(17)11-4-6-12-10(9-11)5-7-14-13(12)3-2-8-16-14/h4,6,9,13-14,16H,2-3,5,7-8H2,1H3. The zero-order valence-corrected chi connectivity index (χ0v) is 10.7. The van der Waals surface area contributed by atoms with Crippen LogP contribution in [0.5, 0.6) is 0 Å². The largest absolute Gasteiger partial charge is 0.465 e. The van der Waals surface area contributed by atoms with Crippen LogP contribution in [0.1, 0.15) is 46.7 Å². The summed E-state index contributed by atoms with van der Waals surface area (Å²) in [5.74, 6) is 0.399. The average molecular weight is 245 g/mol. The maximum atomic E-state index is 11.5. The molecular formula is C15H19NO2. The van der Waals surface area contributed by atoms with Crippen LogP contribution in [0.25, 0.3) is 0 Å². The number of hydrogen-bond donors (Lipinski definition) is 1. The SMILES string of the molecule is COC(=O)c1ccc2c(c1)CCC1NCCCC21. The molecular weight excluding hydrogens is 226 g/mol. The number of nitrogens with one attached hydrogen (secondary N) is 1. The topological polar surface area (TPSA) is 38.3 Å². The molecule has 3 rings (SSSR count). The van der Waals surface area contributed by atoms with Crippen molar-refractivity contribution in [2.24, 2.45) is 0 Å². The zero-order chi connectivity index (χ0) is 12.5. The molecule has 0 radical (unpaired) electrons. The molecule has 0 aromatic heterocycles. The average Bonchev–Trinajstić information content (AvgIpc) is 2.45. The second-order valence-corrected chi connectivity index (χ2v) is 5.25. The molecule has 2 atom stereocenters. The third-order valence-electron chi connectivity index (χ3n) is 4.27. The monoisotopic (exact) mass is 245 g/mol. The van der Waals surface area contributed by atoms with Gasteiger partial charge in [0, 0.05) is 6.04 Å². The molecule has 1 aliphatic carbocycles. The number of esters is 1. The Balaban J connectivity index is 1.93. The van der Waals surface area contributed by atoms with E-state index in [9.17, 15) is 4.79 Å².